The monoisotopic (exact) mass is 420 g/mol. The number of rotatable bonds is 9. The molecule has 2 heterocycles. The van der Waals surface area contributed by atoms with Gasteiger partial charge in [0.2, 0.25) is 5.91 Å². The minimum absolute atomic E-state index is 0.0295. The van der Waals surface area contributed by atoms with E-state index < -0.39 is 0 Å². The van der Waals surface area contributed by atoms with Crippen molar-refractivity contribution in [2.24, 2.45) is 0 Å². The predicted octanol–water partition coefficient (Wildman–Crippen LogP) is 3.32. The number of amides is 1. The lowest BCUT2D eigenvalue weighted by atomic mass is 10.1. The summed E-state index contributed by atoms with van der Waals surface area (Å²) in [5, 5.41) is 9.34. The topological polar surface area (TPSA) is 101 Å². The molecule has 8 nitrogen and oxygen atoms in total. The Labute approximate surface area is 182 Å². The summed E-state index contributed by atoms with van der Waals surface area (Å²) < 4.78 is 5.25. The number of hydrogen-bond acceptors (Lipinski definition) is 7. The lowest BCUT2D eigenvalue weighted by molar-refractivity contribution is -0.120. The van der Waals surface area contributed by atoms with E-state index in [1.165, 1.54) is 0 Å². The first kappa shape index (κ1) is 22.0. The molecule has 0 unspecified atom stereocenters. The Morgan fingerprint density at radius 2 is 1.77 bits per heavy atom. The van der Waals surface area contributed by atoms with Crippen molar-refractivity contribution in [2.45, 2.75) is 27.2 Å². The third-order valence-corrected chi connectivity index (χ3v) is 4.59. The highest BCUT2D eigenvalue weighted by molar-refractivity contribution is 5.78. The minimum atomic E-state index is -0.0295. The van der Waals surface area contributed by atoms with Crippen LogP contribution in [0.25, 0.3) is 0 Å². The van der Waals surface area contributed by atoms with Gasteiger partial charge in [0.25, 0.3) is 0 Å². The molecule has 162 valence electrons. The Morgan fingerprint density at radius 1 is 0.968 bits per heavy atom. The molecule has 0 saturated heterocycles. The molecule has 3 aromatic rings. The average Bonchev–Trinajstić information content (AvgIpc) is 2.71. The number of carbonyl (C=O) groups is 1. The number of aryl methyl sites for hydroxylation is 3. The van der Waals surface area contributed by atoms with Gasteiger partial charge in [-0.1, -0.05) is 12.1 Å². The molecule has 0 spiro atoms. The molecule has 0 aliphatic heterocycles. The van der Waals surface area contributed by atoms with Gasteiger partial charge in [0, 0.05) is 25.4 Å². The molecular weight excluding hydrogens is 392 g/mol. The van der Waals surface area contributed by atoms with Crippen molar-refractivity contribution in [3.63, 3.8) is 0 Å². The van der Waals surface area contributed by atoms with Crippen LogP contribution in [0.2, 0.25) is 0 Å². The lowest BCUT2D eigenvalue weighted by Gasteiger charge is -2.11. The number of aromatic nitrogens is 3. The maximum Gasteiger partial charge on any atom is 0.224 e. The molecular formula is C23H28N6O2. The number of methoxy groups -OCH3 is 1. The van der Waals surface area contributed by atoms with Gasteiger partial charge in [-0.2, -0.15) is 0 Å². The SMILES string of the molecule is COc1ccc(CC(=O)NCCNc2cc(Nc3cc(C)ccn3)nc(C)n2)cc1C. The van der Waals surface area contributed by atoms with Gasteiger partial charge in [-0.05, 0) is 55.7 Å². The van der Waals surface area contributed by atoms with E-state index in [0.717, 1.165) is 28.3 Å². The molecule has 0 fully saturated rings. The summed E-state index contributed by atoms with van der Waals surface area (Å²) in [5.41, 5.74) is 3.08. The minimum Gasteiger partial charge on any atom is -0.496 e. The summed E-state index contributed by atoms with van der Waals surface area (Å²) in [6.07, 6.45) is 2.08. The molecule has 0 bridgehead atoms. The van der Waals surface area contributed by atoms with Crippen molar-refractivity contribution in [3.8, 4) is 5.75 Å². The third kappa shape index (κ3) is 6.67. The summed E-state index contributed by atoms with van der Waals surface area (Å²) in [5.74, 6) is 3.50. The molecule has 3 rings (SSSR count). The van der Waals surface area contributed by atoms with Gasteiger partial charge >= 0.3 is 0 Å². The highest BCUT2D eigenvalue weighted by atomic mass is 16.5. The van der Waals surface area contributed by atoms with Crippen LogP contribution in [-0.4, -0.2) is 41.1 Å². The molecule has 1 aromatic carbocycles. The van der Waals surface area contributed by atoms with Gasteiger partial charge < -0.3 is 20.7 Å². The summed E-state index contributed by atoms with van der Waals surface area (Å²) in [7, 11) is 1.64. The number of ether oxygens (including phenoxy) is 1. The second-order valence-corrected chi connectivity index (χ2v) is 7.29. The van der Waals surface area contributed by atoms with E-state index >= 15 is 0 Å². The van der Waals surface area contributed by atoms with Gasteiger partial charge in [-0.25, -0.2) is 15.0 Å². The number of anilines is 3. The number of hydrogen-bond donors (Lipinski definition) is 3. The van der Waals surface area contributed by atoms with Crippen molar-refractivity contribution in [2.75, 3.05) is 30.8 Å². The molecule has 0 atom stereocenters. The van der Waals surface area contributed by atoms with E-state index in [9.17, 15) is 4.79 Å². The van der Waals surface area contributed by atoms with E-state index in [4.69, 9.17) is 4.74 Å². The molecule has 0 saturated carbocycles. The van der Waals surface area contributed by atoms with Crippen molar-refractivity contribution in [1.29, 1.82) is 0 Å². The van der Waals surface area contributed by atoms with Crippen molar-refractivity contribution >= 4 is 23.4 Å². The fraction of sp³-hybridized carbons (Fsp3) is 0.304. The normalized spacial score (nSPS) is 10.5. The molecule has 2 aromatic heterocycles. The Balaban J connectivity index is 1.48. The van der Waals surface area contributed by atoms with E-state index in [1.807, 2.05) is 57.2 Å². The number of benzene rings is 1. The van der Waals surface area contributed by atoms with E-state index in [1.54, 1.807) is 13.3 Å². The molecule has 3 N–H and O–H groups in total. The van der Waals surface area contributed by atoms with Crippen molar-refractivity contribution in [3.05, 3.63) is 65.1 Å². The van der Waals surface area contributed by atoms with Gasteiger partial charge in [-0.15, -0.1) is 0 Å². The molecule has 8 heteroatoms. The largest absolute Gasteiger partial charge is 0.496 e. The van der Waals surface area contributed by atoms with Crippen LogP contribution in [0.5, 0.6) is 5.75 Å². The third-order valence-electron chi connectivity index (χ3n) is 4.59. The fourth-order valence-electron chi connectivity index (χ4n) is 3.15. The fourth-order valence-corrected chi connectivity index (χ4v) is 3.15. The number of nitrogens with zero attached hydrogens (tertiary/aromatic N) is 3. The zero-order chi connectivity index (χ0) is 22.2. The van der Waals surface area contributed by atoms with Crippen LogP contribution < -0.4 is 20.7 Å². The predicted molar refractivity (Wildman–Crippen MR) is 122 cm³/mol. The summed E-state index contributed by atoms with van der Waals surface area (Å²) in [4.78, 5) is 25.3. The zero-order valence-electron chi connectivity index (χ0n) is 18.3. The molecule has 1 amide bonds. The van der Waals surface area contributed by atoms with Crippen LogP contribution in [0.3, 0.4) is 0 Å². The number of carbonyl (C=O) groups excluding carboxylic acids is 1. The first-order valence-electron chi connectivity index (χ1n) is 10.1. The van der Waals surface area contributed by atoms with Gasteiger partial charge in [-0.3, -0.25) is 4.79 Å². The Bertz CT molecular complexity index is 1050. The van der Waals surface area contributed by atoms with Crippen LogP contribution in [-0.2, 0) is 11.2 Å². The lowest BCUT2D eigenvalue weighted by Crippen LogP contribution is -2.30. The first-order chi connectivity index (χ1) is 14.9. The number of nitrogens with one attached hydrogen (secondary N) is 3. The molecule has 31 heavy (non-hydrogen) atoms. The maximum absolute atomic E-state index is 12.2. The quantitative estimate of drug-likeness (QED) is 0.457. The maximum atomic E-state index is 12.2. The smallest absolute Gasteiger partial charge is 0.224 e. The summed E-state index contributed by atoms with van der Waals surface area (Å²) in [6, 6.07) is 11.5. The summed E-state index contributed by atoms with van der Waals surface area (Å²) >= 11 is 0. The van der Waals surface area contributed by atoms with Gasteiger partial charge in [0.1, 0.15) is 29.0 Å². The van der Waals surface area contributed by atoms with Crippen molar-refractivity contribution < 1.29 is 9.53 Å². The van der Waals surface area contributed by atoms with E-state index in [0.29, 0.717) is 37.0 Å². The van der Waals surface area contributed by atoms with Crippen LogP contribution in [0.4, 0.5) is 17.5 Å². The van der Waals surface area contributed by atoms with Crippen LogP contribution in [0.1, 0.15) is 22.5 Å². The molecule has 0 aliphatic rings. The average molecular weight is 421 g/mol. The Hall–Kier alpha value is -3.68. The van der Waals surface area contributed by atoms with E-state index in [2.05, 4.69) is 30.9 Å². The van der Waals surface area contributed by atoms with E-state index in [-0.39, 0.29) is 5.91 Å². The second kappa shape index (κ2) is 10.4. The highest BCUT2D eigenvalue weighted by Gasteiger charge is 2.07. The van der Waals surface area contributed by atoms with Crippen LogP contribution in [0, 0.1) is 20.8 Å². The van der Waals surface area contributed by atoms with Crippen LogP contribution >= 0.6 is 0 Å². The molecule has 0 aliphatic carbocycles. The zero-order valence-corrected chi connectivity index (χ0v) is 18.3. The van der Waals surface area contributed by atoms with Crippen molar-refractivity contribution in [1.82, 2.24) is 20.3 Å². The number of pyridine rings is 1. The Morgan fingerprint density at radius 3 is 2.52 bits per heavy atom. The second-order valence-electron chi connectivity index (χ2n) is 7.29. The summed E-state index contributed by atoms with van der Waals surface area (Å²) in [6.45, 7) is 6.84. The van der Waals surface area contributed by atoms with Gasteiger partial charge in [0.05, 0.1) is 13.5 Å². The van der Waals surface area contributed by atoms with Crippen LogP contribution in [0.15, 0.2) is 42.6 Å². The standard InChI is InChI=1S/C23H28N6O2/c1-15-7-8-24-20(11-15)29-22-14-21(27-17(3)28-22)25-9-10-26-23(30)13-18-5-6-19(31-4)16(2)12-18/h5-8,11-12,14H,9-10,13H2,1-4H3,(H,26,30)(H2,24,25,27,28,29). The van der Waals surface area contributed by atoms with Gasteiger partial charge in [0.15, 0.2) is 0 Å². The Kier molecular flexibility index (Phi) is 7.37. The highest BCUT2D eigenvalue weighted by Crippen LogP contribution is 2.19. The first-order valence-corrected chi connectivity index (χ1v) is 10.1. The molecule has 0 radical (unpaired) electrons.